The van der Waals surface area contributed by atoms with Crippen molar-refractivity contribution in [1.82, 2.24) is 0 Å². The van der Waals surface area contributed by atoms with Gasteiger partial charge in [-0.1, -0.05) is 114 Å². The van der Waals surface area contributed by atoms with E-state index in [9.17, 15) is 9.59 Å². The maximum atomic E-state index is 12.6. The molecule has 0 atom stereocenters. The lowest BCUT2D eigenvalue weighted by Crippen LogP contribution is -2.17. The molecule has 6 nitrogen and oxygen atoms in total. The van der Waals surface area contributed by atoms with Gasteiger partial charge in [-0.25, -0.2) is 9.59 Å². The monoisotopic (exact) mass is 578 g/mol. The highest BCUT2D eigenvalue weighted by Gasteiger charge is 2.20. The van der Waals surface area contributed by atoms with Gasteiger partial charge in [-0.15, -0.1) is 0 Å². The molecule has 0 aromatic heterocycles. The molecule has 0 spiro atoms. The van der Waals surface area contributed by atoms with Gasteiger partial charge in [0.15, 0.2) is 13.2 Å². The maximum absolute atomic E-state index is 12.6. The van der Waals surface area contributed by atoms with Crippen LogP contribution in [0.2, 0.25) is 0 Å². The zero-order valence-corrected chi connectivity index (χ0v) is 26.2. The molecular weight excluding hydrogens is 528 g/mol. The molecule has 0 aliphatic heterocycles. The fraction of sp³-hybridized carbons (Fsp3) is 0.556. The van der Waals surface area contributed by atoms with Gasteiger partial charge in [-0.3, -0.25) is 0 Å². The number of unbranched alkanes of at least 4 members (excludes halogenated alkanes) is 10. The van der Waals surface area contributed by atoms with E-state index in [1.807, 2.05) is 50.2 Å². The molecular formula is C36H50O6. The number of esters is 2. The summed E-state index contributed by atoms with van der Waals surface area (Å²) < 4.78 is 23.3. The Morgan fingerprint density at radius 2 is 1.14 bits per heavy atom. The quantitative estimate of drug-likeness (QED) is 0.0756. The van der Waals surface area contributed by atoms with Gasteiger partial charge in [-0.05, 0) is 38.3 Å². The van der Waals surface area contributed by atoms with Crippen LogP contribution in [0, 0.1) is 13.8 Å². The van der Waals surface area contributed by atoms with Crippen LogP contribution in [0.3, 0.4) is 0 Å². The number of rotatable bonds is 20. The fourth-order valence-electron chi connectivity index (χ4n) is 5.27. The summed E-state index contributed by atoms with van der Waals surface area (Å²) in [6.07, 6.45) is 13.6. The van der Waals surface area contributed by atoms with Gasteiger partial charge in [-0.2, -0.15) is 0 Å². The first-order chi connectivity index (χ1) is 20.5. The summed E-state index contributed by atoms with van der Waals surface area (Å²) in [6.45, 7) is 8.90. The fourth-order valence-corrected chi connectivity index (χ4v) is 5.27. The molecule has 0 aliphatic carbocycles. The van der Waals surface area contributed by atoms with E-state index in [0.29, 0.717) is 24.7 Å². The van der Waals surface area contributed by atoms with E-state index in [1.165, 1.54) is 51.4 Å². The van der Waals surface area contributed by atoms with Crippen molar-refractivity contribution in [2.24, 2.45) is 0 Å². The Kier molecular flexibility index (Phi) is 14.5. The number of ether oxygens (including phenoxy) is 4. The van der Waals surface area contributed by atoms with Crippen LogP contribution in [0.4, 0.5) is 0 Å². The van der Waals surface area contributed by atoms with Crippen molar-refractivity contribution in [1.29, 1.82) is 0 Å². The highest BCUT2D eigenvalue weighted by Crippen LogP contribution is 2.44. The summed E-state index contributed by atoms with van der Waals surface area (Å²) >= 11 is 0. The van der Waals surface area contributed by atoms with E-state index in [1.54, 1.807) is 0 Å². The Labute approximate surface area is 252 Å². The SMILES string of the molecule is CCCCCCCCOC(=O)COc1c2cc(C)ccc2c(OCC(=O)OCCCCCCCC)c2c(C)cccc12. The van der Waals surface area contributed by atoms with Gasteiger partial charge in [0.2, 0.25) is 0 Å². The normalized spacial score (nSPS) is 11.1. The van der Waals surface area contributed by atoms with Gasteiger partial charge in [0.25, 0.3) is 0 Å². The van der Waals surface area contributed by atoms with Crippen LogP contribution in [-0.2, 0) is 19.1 Å². The molecule has 0 unspecified atom stereocenters. The minimum Gasteiger partial charge on any atom is -0.481 e. The van der Waals surface area contributed by atoms with Crippen molar-refractivity contribution >= 4 is 33.5 Å². The van der Waals surface area contributed by atoms with Crippen LogP contribution in [-0.4, -0.2) is 38.4 Å². The van der Waals surface area contributed by atoms with Crippen molar-refractivity contribution in [2.75, 3.05) is 26.4 Å². The van der Waals surface area contributed by atoms with E-state index < -0.39 is 0 Å². The van der Waals surface area contributed by atoms with Crippen LogP contribution < -0.4 is 9.47 Å². The van der Waals surface area contributed by atoms with Crippen LogP contribution in [0.25, 0.3) is 21.5 Å². The zero-order valence-electron chi connectivity index (χ0n) is 26.2. The molecule has 0 saturated carbocycles. The highest BCUT2D eigenvalue weighted by atomic mass is 16.6. The summed E-state index contributed by atoms with van der Waals surface area (Å²) in [7, 11) is 0. The second-order valence-corrected chi connectivity index (χ2v) is 11.3. The van der Waals surface area contributed by atoms with Crippen LogP contribution in [0.1, 0.15) is 102 Å². The molecule has 6 heteroatoms. The van der Waals surface area contributed by atoms with E-state index in [4.69, 9.17) is 18.9 Å². The van der Waals surface area contributed by atoms with E-state index >= 15 is 0 Å². The third-order valence-corrected chi connectivity index (χ3v) is 7.60. The zero-order chi connectivity index (χ0) is 30.2. The van der Waals surface area contributed by atoms with Crippen molar-refractivity contribution in [2.45, 2.75) is 105 Å². The number of benzene rings is 3. The third-order valence-electron chi connectivity index (χ3n) is 7.60. The molecule has 3 aromatic rings. The number of carbonyl (C=O) groups is 2. The summed E-state index contributed by atoms with van der Waals surface area (Å²) in [5.74, 6) is 0.479. The Bertz CT molecular complexity index is 1280. The van der Waals surface area contributed by atoms with Crippen molar-refractivity contribution in [3.63, 3.8) is 0 Å². The number of hydrogen-bond acceptors (Lipinski definition) is 6. The Morgan fingerprint density at radius 3 is 1.74 bits per heavy atom. The topological polar surface area (TPSA) is 71.1 Å². The van der Waals surface area contributed by atoms with Crippen LogP contribution >= 0.6 is 0 Å². The van der Waals surface area contributed by atoms with Crippen LogP contribution in [0.15, 0.2) is 36.4 Å². The predicted molar refractivity (Wildman–Crippen MR) is 171 cm³/mol. The van der Waals surface area contributed by atoms with Gasteiger partial charge in [0.05, 0.1) is 13.2 Å². The molecule has 0 heterocycles. The van der Waals surface area contributed by atoms with Crippen molar-refractivity contribution in [3.05, 3.63) is 47.5 Å². The maximum Gasteiger partial charge on any atom is 0.344 e. The molecule has 0 bridgehead atoms. The first-order valence-electron chi connectivity index (χ1n) is 16.0. The molecule has 0 amide bonds. The Morgan fingerprint density at radius 1 is 0.595 bits per heavy atom. The smallest absolute Gasteiger partial charge is 0.344 e. The Balaban J connectivity index is 1.70. The molecule has 230 valence electrons. The molecule has 42 heavy (non-hydrogen) atoms. The second kappa shape index (κ2) is 18.3. The lowest BCUT2D eigenvalue weighted by atomic mass is 9.96. The van der Waals surface area contributed by atoms with Gasteiger partial charge in [0, 0.05) is 21.5 Å². The molecule has 0 aliphatic rings. The number of fused-ring (bicyclic) bond motifs is 2. The average molecular weight is 579 g/mol. The first kappa shape index (κ1) is 33.2. The highest BCUT2D eigenvalue weighted by molar-refractivity contribution is 6.12. The average Bonchev–Trinajstić information content (AvgIpc) is 2.98. The van der Waals surface area contributed by atoms with Crippen molar-refractivity contribution in [3.8, 4) is 11.5 Å². The number of hydrogen-bond donors (Lipinski definition) is 0. The molecule has 0 fully saturated rings. The summed E-state index contributed by atoms with van der Waals surface area (Å²) in [5.41, 5.74) is 2.04. The van der Waals surface area contributed by atoms with E-state index in [2.05, 4.69) is 13.8 Å². The molecule has 3 rings (SSSR count). The summed E-state index contributed by atoms with van der Waals surface area (Å²) in [6, 6.07) is 11.9. The lowest BCUT2D eigenvalue weighted by molar-refractivity contribution is -0.147. The summed E-state index contributed by atoms with van der Waals surface area (Å²) in [5, 5.41) is 3.33. The van der Waals surface area contributed by atoms with E-state index in [0.717, 1.165) is 58.4 Å². The van der Waals surface area contributed by atoms with Crippen LogP contribution in [0.5, 0.6) is 11.5 Å². The summed E-state index contributed by atoms with van der Waals surface area (Å²) in [4.78, 5) is 25.1. The predicted octanol–water partition coefficient (Wildman–Crippen LogP) is 9.17. The van der Waals surface area contributed by atoms with Gasteiger partial charge >= 0.3 is 11.9 Å². The second-order valence-electron chi connectivity index (χ2n) is 11.3. The Hall–Kier alpha value is -3.28. The van der Waals surface area contributed by atoms with E-state index in [-0.39, 0.29) is 25.2 Å². The molecule has 0 radical (unpaired) electrons. The molecule has 0 N–H and O–H groups in total. The number of carbonyl (C=O) groups excluding carboxylic acids is 2. The number of aryl methyl sites for hydroxylation is 2. The standard InChI is InChI=1S/C36H50O6/c1-5-7-9-11-13-15-22-39-32(37)25-41-35-30-19-17-18-28(4)34(30)36(29-21-20-27(3)24-31(29)35)42-26-33(38)40-23-16-14-12-10-8-6-2/h17-21,24H,5-16,22-23,25-26H2,1-4H3. The van der Waals surface area contributed by atoms with Gasteiger partial charge < -0.3 is 18.9 Å². The molecule has 0 saturated heterocycles. The minimum absolute atomic E-state index is 0.173. The largest absolute Gasteiger partial charge is 0.481 e. The van der Waals surface area contributed by atoms with Crippen molar-refractivity contribution < 1.29 is 28.5 Å². The molecule has 3 aromatic carbocycles. The third kappa shape index (κ3) is 10.2. The first-order valence-corrected chi connectivity index (χ1v) is 16.0. The van der Waals surface area contributed by atoms with Gasteiger partial charge in [0.1, 0.15) is 11.5 Å². The minimum atomic E-state index is -0.376. The lowest BCUT2D eigenvalue weighted by Gasteiger charge is -2.19.